The molecule has 0 unspecified atom stereocenters. The van der Waals surface area contributed by atoms with Crippen LogP contribution in [0.5, 0.6) is 0 Å². The molecule has 0 bridgehead atoms. The van der Waals surface area contributed by atoms with Crippen molar-refractivity contribution in [2.45, 2.75) is 59.5 Å². The van der Waals surface area contributed by atoms with Crippen LogP contribution in [0.2, 0.25) is 0 Å². The standard InChI is InChI=1S/C20H25N3O3S/c1-5-6-7-10-22-17-13(4)14(8-9-16(17)27-20(22)26)18(24)15-11-21-23(12(2)3)19(15)25/h8-9,11-12,21H,5-7,10H2,1-4H3. The fraction of sp³-hybridized carbons (Fsp3) is 0.450. The molecule has 2 heterocycles. The number of H-pyrrole nitrogens is 1. The fourth-order valence-corrected chi connectivity index (χ4v) is 4.36. The summed E-state index contributed by atoms with van der Waals surface area (Å²) in [5.74, 6) is -0.311. The lowest BCUT2D eigenvalue weighted by molar-refractivity contribution is 0.103. The third-order valence-corrected chi connectivity index (χ3v) is 5.81. The maximum absolute atomic E-state index is 13.0. The Hall–Kier alpha value is -2.41. The van der Waals surface area contributed by atoms with Crippen LogP contribution in [-0.4, -0.2) is 20.1 Å². The number of carbonyl (C=O) groups excluding carboxylic acids is 1. The van der Waals surface area contributed by atoms with Crippen LogP contribution in [0.4, 0.5) is 0 Å². The number of thiazole rings is 1. The Kier molecular flexibility index (Phi) is 5.51. The summed E-state index contributed by atoms with van der Waals surface area (Å²) < 4.78 is 4.08. The summed E-state index contributed by atoms with van der Waals surface area (Å²) in [6.07, 6.45) is 4.53. The fourth-order valence-electron chi connectivity index (χ4n) is 3.38. The third kappa shape index (κ3) is 3.43. The molecule has 7 heteroatoms. The number of carbonyl (C=O) groups is 1. The lowest BCUT2D eigenvalue weighted by atomic mass is 10.00. The summed E-state index contributed by atoms with van der Waals surface area (Å²) in [7, 11) is 0. The molecule has 0 saturated heterocycles. The quantitative estimate of drug-likeness (QED) is 0.494. The molecule has 0 aliphatic rings. The van der Waals surface area contributed by atoms with E-state index in [0.29, 0.717) is 12.1 Å². The van der Waals surface area contributed by atoms with Gasteiger partial charge < -0.3 is 5.10 Å². The highest BCUT2D eigenvalue weighted by molar-refractivity contribution is 7.16. The highest BCUT2D eigenvalue weighted by Gasteiger charge is 2.21. The molecule has 0 saturated carbocycles. The zero-order valence-electron chi connectivity index (χ0n) is 16.2. The first-order chi connectivity index (χ1) is 12.9. The Morgan fingerprint density at radius 2 is 1.93 bits per heavy atom. The predicted octanol–water partition coefficient (Wildman–Crippen LogP) is 3.86. The van der Waals surface area contributed by atoms with Crippen LogP contribution in [-0.2, 0) is 6.54 Å². The van der Waals surface area contributed by atoms with E-state index < -0.39 is 0 Å². The summed E-state index contributed by atoms with van der Waals surface area (Å²) in [4.78, 5) is 37.9. The number of benzene rings is 1. The number of fused-ring (bicyclic) bond motifs is 1. The normalized spacial score (nSPS) is 11.6. The van der Waals surface area contributed by atoms with Crippen molar-refractivity contribution in [2.75, 3.05) is 0 Å². The monoisotopic (exact) mass is 387 g/mol. The van der Waals surface area contributed by atoms with E-state index in [2.05, 4.69) is 12.0 Å². The van der Waals surface area contributed by atoms with Gasteiger partial charge in [-0.25, -0.2) is 0 Å². The van der Waals surface area contributed by atoms with Gasteiger partial charge in [0.05, 0.1) is 10.2 Å². The molecule has 0 aliphatic heterocycles. The zero-order valence-corrected chi connectivity index (χ0v) is 17.0. The van der Waals surface area contributed by atoms with Crippen LogP contribution in [0.25, 0.3) is 10.2 Å². The van der Waals surface area contributed by atoms with Crippen molar-refractivity contribution in [3.8, 4) is 0 Å². The van der Waals surface area contributed by atoms with Crippen LogP contribution in [0.15, 0.2) is 27.9 Å². The topological polar surface area (TPSA) is 76.9 Å². The third-order valence-electron chi connectivity index (χ3n) is 4.87. The Labute approximate surface area is 161 Å². The molecule has 3 aromatic rings. The summed E-state index contributed by atoms with van der Waals surface area (Å²) in [6, 6.07) is 3.48. The maximum atomic E-state index is 13.0. The Morgan fingerprint density at radius 1 is 1.19 bits per heavy atom. The SMILES string of the molecule is CCCCCn1c(=O)sc2ccc(C(=O)c3c[nH]n(C(C)C)c3=O)c(C)c21. The van der Waals surface area contributed by atoms with Gasteiger partial charge in [-0.2, -0.15) is 0 Å². The van der Waals surface area contributed by atoms with Gasteiger partial charge in [-0.05, 0) is 44.9 Å². The van der Waals surface area contributed by atoms with Crippen LogP contribution < -0.4 is 10.4 Å². The number of nitrogens with zero attached hydrogens (tertiary/aromatic N) is 2. The van der Waals surface area contributed by atoms with Crippen molar-refractivity contribution in [2.24, 2.45) is 0 Å². The number of nitrogens with one attached hydrogen (secondary N) is 1. The lowest BCUT2D eigenvalue weighted by Gasteiger charge is -2.09. The van der Waals surface area contributed by atoms with Gasteiger partial charge in [-0.1, -0.05) is 31.1 Å². The molecule has 2 aromatic heterocycles. The number of rotatable bonds is 7. The van der Waals surface area contributed by atoms with Gasteiger partial charge in [0.25, 0.3) is 5.56 Å². The van der Waals surface area contributed by atoms with Gasteiger partial charge in [-0.3, -0.25) is 23.6 Å². The highest BCUT2D eigenvalue weighted by atomic mass is 32.1. The molecule has 1 N–H and O–H groups in total. The molecule has 0 radical (unpaired) electrons. The number of unbranched alkanes of at least 4 members (excludes halogenated alkanes) is 2. The second-order valence-electron chi connectivity index (χ2n) is 7.10. The van der Waals surface area contributed by atoms with Crippen molar-refractivity contribution in [3.63, 3.8) is 0 Å². The second kappa shape index (κ2) is 7.68. The summed E-state index contributed by atoms with van der Waals surface area (Å²) >= 11 is 1.20. The zero-order chi connectivity index (χ0) is 19.7. The summed E-state index contributed by atoms with van der Waals surface area (Å²) in [6.45, 7) is 8.38. The van der Waals surface area contributed by atoms with E-state index in [-0.39, 0.29) is 27.8 Å². The molecule has 0 fully saturated rings. The molecule has 1 aromatic carbocycles. The smallest absolute Gasteiger partial charge is 0.302 e. The first-order valence-electron chi connectivity index (χ1n) is 9.34. The summed E-state index contributed by atoms with van der Waals surface area (Å²) in [5.41, 5.74) is 1.84. The number of aromatic nitrogens is 3. The first-order valence-corrected chi connectivity index (χ1v) is 10.2. The Bertz CT molecular complexity index is 1100. The first kappa shape index (κ1) is 19.4. The van der Waals surface area contributed by atoms with Gasteiger partial charge in [0.15, 0.2) is 0 Å². The molecule has 0 atom stereocenters. The van der Waals surface area contributed by atoms with Crippen LogP contribution in [0.3, 0.4) is 0 Å². The number of hydrogen-bond acceptors (Lipinski definition) is 4. The minimum absolute atomic E-state index is 0.00221. The van der Waals surface area contributed by atoms with E-state index in [9.17, 15) is 14.4 Å². The number of hydrogen-bond donors (Lipinski definition) is 1. The van der Waals surface area contributed by atoms with Crippen LogP contribution in [0, 0.1) is 6.92 Å². The molecule has 6 nitrogen and oxygen atoms in total. The van der Waals surface area contributed by atoms with Gasteiger partial charge in [0, 0.05) is 24.3 Å². The minimum atomic E-state index is -0.319. The largest absolute Gasteiger partial charge is 0.308 e. The average Bonchev–Trinajstić information content (AvgIpc) is 3.15. The van der Waals surface area contributed by atoms with E-state index >= 15 is 0 Å². The molecule has 0 amide bonds. The molecule has 144 valence electrons. The molecular formula is C20H25N3O3S. The van der Waals surface area contributed by atoms with Gasteiger partial charge in [0.2, 0.25) is 5.78 Å². The van der Waals surface area contributed by atoms with Crippen molar-refractivity contribution >= 4 is 27.3 Å². The number of ketones is 1. The Balaban J connectivity index is 2.09. The van der Waals surface area contributed by atoms with Crippen molar-refractivity contribution in [1.29, 1.82) is 0 Å². The highest BCUT2D eigenvalue weighted by Crippen LogP contribution is 2.26. The second-order valence-corrected chi connectivity index (χ2v) is 8.09. The van der Waals surface area contributed by atoms with Crippen molar-refractivity contribution in [1.82, 2.24) is 14.3 Å². The van der Waals surface area contributed by atoms with Crippen molar-refractivity contribution in [3.05, 3.63) is 55.0 Å². The van der Waals surface area contributed by atoms with E-state index in [0.717, 1.165) is 35.0 Å². The van der Waals surface area contributed by atoms with E-state index in [1.54, 1.807) is 10.6 Å². The molecule has 0 spiro atoms. The molecule has 3 rings (SSSR count). The van der Waals surface area contributed by atoms with Gasteiger partial charge in [0.1, 0.15) is 5.56 Å². The molecular weight excluding hydrogens is 362 g/mol. The van der Waals surface area contributed by atoms with Crippen molar-refractivity contribution < 1.29 is 4.79 Å². The van der Waals surface area contributed by atoms with E-state index in [1.807, 2.05) is 26.8 Å². The van der Waals surface area contributed by atoms with E-state index in [1.165, 1.54) is 22.2 Å². The average molecular weight is 388 g/mol. The van der Waals surface area contributed by atoms with Gasteiger partial charge in [-0.15, -0.1) is 0 Å². The Morgan fingerprint density at radius 3 is 2.56 bits per heavy atom. The minimum Gasteiger partial charge on any atom is -0.302 e. The number of aromatic amines is 1. The maximum Gasteiger partial charge on any atom is 0.308 e. The van der Waals surface area contributed by atoms with Crippen LogP contribution in [0.1, 0.15) is 67.6 Å². The molecule has 0 aliphatic carbocycles. The van der Waals surface area contributed by atoms with Crippen LogP contribution >= 0.6 is 11.3 Å². The number of aryl methyl sites for hydroxylation is 2. The molecule has 27 heavy (non-hydrogen) atoms. The van der Waals surface area contributed by atoms with E-state index in [4.69, 9.17) is 0 Å². The summed E-state index contributed by atoms with van der Waals surface area (Å²) in [5, 5.41) is 2.86. The lowest BCUT2D eigenvalue weighted by Crippen LogP contribution is -2.23. The van der Waals surface area contributed by atoms with Gasteiger partial charge >= 0.3 is 4.87 Å². The predicted molar refractivity (Wildman–Crippen MR) is 109 cm³/mol.